The molecule has 106 valence electrons. The number of aliphatic carboxylic acids is 1. The van der Waals surface area contributed by atoms with Crippen molar-refractivity contribution in [2.45, 2.75) is 52.1 Å². The molecule has 0 saturated heterocycles. The summed E-state index contributed by atoms with van der Waals surface area (Å²) in [7, 11) is 0. The number of thiophene rings is 1. The van der Waals surface area contributed by atoms with E-state index in [0.717, 1.165) is 23.3 Å². The van der Waals surface area contributed by atoms with E-state index in [-0.39, 0.29) is 6.42 Å². The third kappa shape index (κ3) is 4.32. The molecule has 1 aromatic heterocycles. The fraction of sp³-hybridized carbons (Fsp3) is 0.667. The maximum Gasteiger partial charge on any atom is 0.308 e. The lowest BCUT2D eigenvalue weighted by atomic mass is 9.79. The van der Waals surface area contributed by atoms with Gasteiger partial charge in [0.15, 0.2) is 0 Å². The minimum atomic E-state index is -0.753. The standard InChI is InChI=1S/C15H23NO2S/c1-10-3-4-12(7-11(10)2)16-9-14-6-5-13(19-14)8-15(17)18/h5-6,10-12,16H,3-4,7-9H2,1-2H3,(H,17,18). The molecule has 1 heterocycles. The molecule has 1 aromatic rings. The molecule has 2 rings (SSSR count). The largest absolute Gasteiger partial charge is 0.481 e. The Labute approximate surface area is 119 Å². The van der Waals surface area contributed by atoms with Gasteiger partial charge in [-0.25, -0.2) is 0 Å². The van der Waals surface area contributed by atoms with Crippen LogP contribution in [-0.2, 0) is 17.8 Å². The van der Waals surface area contributed by atoms with Crippen molar-refractivity contribution in [1.29, 1.82) is 0 Å². The summed E-state index contributed by atoms with van der Waals surface area (Å²) < 4.78 is 0. The van der Waals surface area contributed by atoms with Crippen LogP contribution in [0.1, 0.15) is 42.9 Å². The van der Waals surface area contributed by atoms with Gasteiger partial charge in [0.1, 0.15) is 0 Å². The van der Waals surface area contributed by atoms with Crippen LogP contribution < -0.4 is 5.32 Å². The first kappa shape index (κ1) is 14.5. The number of nitrogens with one attached hydrogen (secondary N) is 1. The Balaban J connectivity index is 1.79. The summed E-state index contributed by atoms with van der Waals surface area (Å²) >= 11 is 1.61. The topological polar surface area (TPSA) is 49.3 Å². The molecule has 0 aromatic carbocycles. The second kappa shape index (κ2) is 6.53. The number of carbonyl (C=O) groups is 1. The van der Waals surface area contributed by atoms with Crippen LogP contribution in [0.2, 0.25) is 0 Å². The average molecular weight is 281 g/mol. The Bertz CT molecular complexity index is 430. The van der Waals surface area contributed by atoms with Crippen molar-refractivity contribution in [3.63, 3.8) is 0 Å². The van der Waals surface area contributed by atoms with Gasteiger partial charge in [-0.15, -0.1) is 11.3 Å². The summed E-state index contributed by atoms with van der Waals surface area (Å²) in [5.41, 5.74) is 0. The first-order valence-electron chi connectivity index (χ1n) is 7.07. The maximum atomic E-state index is 10.6. The fourth-order valence-corrected chi connectivity index (χ4v) is 3.70. The van der Waals surface area contributed by atoms with E-state index >= 15 is 0 Å². The molecular weight excluding hydrogens is 258 g/mol. The van der Waals surface area contributed by atoms with E-state index in [1.54, 1.807) is 11.3 Å². The minimum Gasteiger partial charge on any atom is -0.481 e. The van der Waals surface area contributed by atoms with Gasteiger partial charge >= 0.3 is 5.97 Å². The zero-order chi connectivity index (χ0) is 13.8. The lowest BCUT2D eigenvalue weighted by Crippen LogP contribution is -2.35. The van der Waals surface area contributed by atoms with Crippen molar-refractivity contribution in [3.8, 4) is 0 Å². The van der Waals surface area contributed by atoms with Crippen LogP contribution in [0.15, 0.2) is 12.1 Å². The van der Waals surface area contributed by atoms with E-state index in [4.69, 9.17) is 5.11 Å². The summed E-state index contributed by atoms with van der Waals surface area (Å²) in [6.07, 6.45) is 3.98. The molecule has 19 heavy (non-hydrogen) atoms. The van der Waals surface area contributed by atoms with E-state index in [9.17, 15) is 4.79 Å². The second-order valence-electron chi connectivity index (χ2n) is 5.78. The highest BCUT2D eigenvalue weighted by atomic mass is 32.1. The molecule has 0 bridgehead atoms. The number of carboxylic acids is 1. The molecule has 0 amide bonds. The van der Waals surface area contributed by atoms with Crippen molar-refractivity contribution in [3.05, 3.63) is 21.9 Å². The first-order valence-corrected chi connectivity index (χ1v) is 7.89. The quantitative estimate of drug-likeness (QED) is 0.870. The van der Waals surface area contributed by atoms with Crippen LogP contribution >= 0.6 is 11.3 Å². The number of hydrogen-bond donors (Lipinski definition) is 2. The Hall–Kier alpha value is -0.870. The van der Waals surface area contributed by atoms with Crippen molar-refractivity contribution < 1.29 is 9.90 Å². The summed E-state index contributed by atoms with van der Waals surface area (Å²) in [5, 5.41) is 12.4. The van der Waals surface area contributed by atoms with E-state index < -0.39 is 5.97 Å². The van der Waals surface area contributed by atoms with Gasteiger partial charge in [0.05, 0.1) is 6.42 Å². The molecule has 0 aliphatic heterocycles. The van der Waals surface area contributed by atoms with Crippen molar-refractivity contribution in [2.24, 2.45) is 11.8 Å². The van der Waals surface area contributed by atoms with Crippen LogP contribution in [0.3, 0.4) is 0 Å². The minimum absolute atomic E-state index is 0.142. The molecule has 1 aliphatic carbocycles. The SMILES string of the molecule is CC1CCC(NCc2ccc(CC(=O)O)s2)CC1C. The molecule has 3 atom stereocenters. The van der Waals surface area contributed by atoms with Gasteiger partial charge in [-0.05, 0) is 43.2 Å². The van der Waals surface area contributed by atoms with Gasteiger partial charge in [-0.2, -0.15) is 0 Å². The van der Waals surface area contributed by atoms with Crippen LogP contribution in [0.25, 0.3) is 0 Å². The highest BCUT2D eigenvalue weighted by Gasteiger charge is 2.24. The molecule has 1 fully saturated rings. The van der Waals surface area contributed by atoms with Gasteiger partial charge in [0.25, 0.3) is 0 Å². The van der Waals surface area contributed by atoms with Crippen molar-refractivity contribution in [1.82, 2.24) is 5.32 Å². The zero-order valence-corrected chi connectivity index (χ0v) is 12.5. The van der Waals surface area contributed by atoms with Crippen LogP contribution in [-0.4, -0.2) is 17.1 Å². The molecule has 3 nitrogen and oxygen atoms in total. The second-order valence-corrected chi connectivity index (χ2v) is 7.04. The molecule has 2 N–H and O–H groups in total. The molecule has 0 spiro atoms. The molecule has 4 heteroatoms. The smallest absolute Gasteiger partial charge is 0.308 e. The zero-order valence-electron chi connectivity index (χ0n) is 11.7. The Kier molecular flexibility index (Phi) is 4.99. The summed E-state index contributed by atoms with van der Waals surface area (Å²) in [6.45, 7) is 5.56. The summed E-state index contributed by atoms with van der Waals surface area (Å²) in [4.78, 5) is 12.8. The predicted molar refractivity (Wildman–Crippen MR) is 78.5 cm³/mol. The van der Waals surface area contributed by atoms with Gasteiger partial charge in [-0.1, -0.05) is 13.8 Å². The number of hydrogen-bond acceptors (Lipinski definition) is 3. The van der Waals surface area contributed by atoms with Gasteiger partial charge in [0, 0.05) is 22.3 Å². The Morgan fingerprint density at radius 1 is 1.32 bits per heavy atom. The monoisotopic (exact) mass is 281 g/mol. The predicted octanol–water partition coefficient (Wildman–Crippen LogP) is 3.29. The highest BCUT2D eigenvalue weighted by molar-refractivity contribution is 7.12. The van der Waals surface area contributed by atoms with Crippen LogP contribution in [0.5, 0.6) is 0 Å². The van der Waals surface area contributed by atoms with E-state index in [1.165, 1.54) is 24.1 Å². The normalized spacial score (nSPS) is 27.4. The number of carboxylic acid groups (broad SMARTS) is 1. The van der Waals surface area contributed by atoms with Crippen LogP contribution in [0.4, 0.5) is 0 Å². The van der Waals surface area contributed by atoms with E-state index in [1.807, 2.05) is 12.1 Å². The molecule has 1 aliphatic rings. The first-order chi connectivity index (χ1) is 9.04. The van der Waals surface area contributed by atoms with Crippen molar-refractivity contribution >= 4 is 17.3 Å². The van der Waals surface area contributed by atoms with Gasteiger partial charge in [-0.3, -0.25) is 4.79 Å². The molecular formula is C15H23NO2S. The third-order valence-electron chi connectivity index (χ3n) is 4.21. The Morgan fingerprint density at radius 2 is 2.05 bits per heavy atom. The maximum absolute atomic E-state index is 10.6. The lowest BCUT2D eigenvalue weighted by Gasteiger charge is -2.32. The third-order valence-corrected chi connectivity index (χ3v) is 5.29. The lowest BCUT2D eigenvalue weighted by molar-refractivity contribution is -0.136. The van der Waals surface area contributed by atoms with E-state index in [2.05, 4.69) is 19.2 Å². The summed E-state index contributed by atoms with van der Waals surface area (Å²) in [6, 6.07) is 4.60. The van der Waals surface area contributed by atoms with E-state index in [0.29, 0.717) is 6.04 Å². The molecule has 1 saturated carbocycles. The molecule has 0 radical (unpaired) electrons. The average Bonchev–Trinajstić information content (AvgIpc) is 2.77. The van der Waals surface area contributed by atoms with Gasteiger partial charge < -0.3 is 10.4 Å². The van der Waals surface area contributed by atoms with Crippen molar-refractivity contribution in [2.75, 3.05) is 0 Å². The fourth-order valence-electron chi connectivity index (χ4n) is 2.74. The van der Waals surface area contributed by atoms with Crippen LogP contribution in [0, 0.1) is 11.8 Å². The molecule has 3 unspecified atom stereocenters. The highest BCUT2D eigenvalue weighted by Crippen LogP contribution is 2.29. The summed E-state index contributed by atoms with van der Waals surface area (Å²) in [5.74, 6) is 0.899. The number of rotatable bonds is 5. The Morgan fingerprint density at radius 3 is 2.74 bits per heavy atom. The van der Waals surface area contributed by atoms with Gasteiger partial charge in [0.2, 0.25) is 0 Å².